The van der Waals surface area contributed by atoms with Crippen molar-refractivity contribution in [2.24, 2.45) is 0 Å². The zero-order valence-electron chi connectivity index (χ0n) is 14.0. The van der Waals surface area contributed by atoms with Gasteiger partial charge in [0.05, 0.1) is 18.1 Å². The van der Waals surface area contributed by atoms with Gasteiger partial charge >= 0.3 is 0 Å². The summed E-state index contributed by atoms with van der Waals surface area (Å²) in [5.74, 6) is 7.27. The van der Waals surface area contributed by atoms with E-state index in [4.69, 9.17) is 4.74 Å². The zero-order valence-corrected chi connectivity index (χ0v) is 15.6. The van der Waals surface area contributed by atoms with Gasteiger partial charge in [-0.15, -0.1) is 0 Å². The maximum atomic E-state index is 5.37. The first kappa shape index (κ1) is 17.6. The van der Waals surface area contributed by atoms with E-state index < -0.39 is 0 Å². The van der Waals surface area contributed by atoms with Gasteiger partial charge in [0, 0.05) is 11.1 Å². The Morgan fingerprint density at radius 1 is 1.17 bits per heavy atom. The number of aryl methyl sites for hydroxylation is 1. The number of ether oxygens (including phenoxy) is 1. The Morgan fingerprint density at radius 3 is 2.61 bits per heavy atom. The molecular formula is C20H22BrNO. The van der Waals surface area contributed by atoms with E-state index in [2.05, 4.69) is 66.0 Å². The summed E-state index contributed by atoms with van der Waals surface area (Å²) in [6, 6.07) is 14.3. The number of nitrogens with one attached hydrogen (secondary N) is 1. The fourth-order valence-electron chi connectivity index (χ4n) is 2.27. The lowest BCUT2D eigenvalue weighted by Crippen LogP contribution is -2.36. The zero-order chi connectivity index (χ0) is 16.9. The highest BCUT2D eigenvalue weighted by molar-refractivity contribution is 9.10. The Hall–Kier alpha value is -1.76. The Morgan fingerprint density at radius 2 is 1.91 bits per heavy atom. The van der Waals surface area contributed by atoms with E-state index in [0.717, 1.165) is 21.3 Å². The second-order valence-electron chi connectivity index (χ2n) is 5.94. The topological polar surface area (TPSA) is 21.3 Å². The molecule has 23 heavy (non-hydrogen) atoms. The smallest absolute Gasteiger partial charge is 0.133 e. The van der Waals surface area contributed by atoms with Crippen LogP contribution in [0.4, 0.5) is 0 Å². The van der Waals surface area contributed by atoms with Crippen molar-refractivity contribution in [1.82, 2.24) is 5.32 Å². The molecule has 0 aliphatic heterocycles. The van der Waals surface area contributed by atoms with Gasteiger partial charge in [-0.3, -0.25) is 5.32 Å². The summed E-state index contributed by atoms with van der Waals surface area (Å²) in [6.07, 6.45) is 0. The summed E-state index contributed by atoms with van der Waals surface area (Å²) in [7, 11) is 1.68. The van der Waals surface area contributed by atoms with Gasteiger partial charge < -0.3 is 4.74 Å². The van der Waals surface area contributed by atoms with E-state index in [9.17, 15) is 0 Å². The summed E-state index contributed by atoms with van der Waals surface area (Å²) in [5, 5.41) is 3.49. The van der Waals surface area contributed by atoms with Crippen LogP contribution in [0.5, 0.6) is 5.75 Å². The number of benzene rings is 2. The molecule has 0 aliphatic carbocycles. The maximum Gasteiger partial charge on any atom is 0.133 e. The molecule has 0 amide bonds. The molecule has 0 fully saturated rings. The highest BCUT2D eigenvalue weighted by Crippen LogP contribution is 2.30. The van der Waals surface area contributed by atoms with Crippen molar-refractivity contribution in [3.05, 3.63) is 63.6 Å². The van der Waals surface area contributed by atoms with Crippen molar-refractivity contribution in [2.75, 3.05) is 13.7 Å². The van der Waals surface area contributed by atoms with Crippen LogP contribution in [0.1, 0.15) is 30.5 Å². The van der Waals surface area contributed by atoms with Gasteiger partial charge in [0.1, 0.15) is 5.75 Å². The largest absolute Gasteiger partial charge is 0.496 e. The molecule has 2 nitrogen and oxygen atoms in total. The average Bonchev–Trinajstić information content (AvgIpc) is 2.53. The summed E-state index contributed by atoms with van der Waals surface area (Å²) in [4.78, 5) is 0. The summed E-state index contributed by atoms with van der Waals surface area (Å²) < 4.78 is 6.33. The van der Waals surface area contributed by atoms with Crippen LogP contribution in [-0.2, 0) is 5.54 Å². The quantitative estimate of drug-likeness (QED) is 0.790. The van der Waals surface area contributed by atoms with Crippen molar-refractivity contribution in [1.29, 1.82) is 0 Å². The monoisotopic (exact) mass is 371 g/mol. The molecule has 0 saturated heterocycles. The lowest BCUT2D eigenvalue weighted by molar-refractivity contribution is 0.400. The van der Waals surface area contributed by atoms with Gasteiger partial charge in [-0.05, 0) is 66.0 Å². The molecule has 0 atom stereocenters. The fraction of sp³-hybridized carbons (Fsp3) is 0.300. The van der Waals surface area contributed by atoms with Crippen molar-refractivity contribution in [3.63, 3.8) is 0 Å². The third-order valence-corrected chi connectivity index (χ3v) is 4.51. The lowest BCUT2D eigenvalue weighted by atomic mass is 9.94. The first-order chi connectivity index (χ1) is 10.9. The number of rotatable bonds is 4. The van der Waals surface area contributed by atoms with Crippen LogP contribution in [0.25, 0.3) is 0 Å². The van der Waals surface area contributed by atoms with Crippen molar-refractivity contribution in [3.8, 4) is 17.6 Å². The molecule has 0 radical (unpaired) electrons. The van der Waals surface area contributed by atoms with Crippen LogP contribution in [0.2, 0.25) is 0 Å². The minimum Gasteiger partial charge on any atom is -0.496 e. The normalized spacial score (nSPS) is 10.8. The molecule has 2 aromatic rings. The third kappa shape index (κ3) is 4.60. The number of hydrogen-bond donors (Lipinski definition) is 1. The van der Waals surface area contributed by atoms with Crippen molar-refractivity contribution < 1.29 is 4.74 Å². The summed E-state index contributed by atoms with van der Waals surface area (Å²) in [5.41, 5.74) is 3.26. The third-order valence-electron chi connectivity index (χ3n) is 3.86. The van der Waals surface area contributed by atoms with Gasteiger partial charge in [-0.2, -0.15) is 0 Å². The van der Waals surface area contributed by atoms with E-state index in [1.165, 1.54) is 5.56 Å². The Balaban J connectivity index is 2.06. The molecule has 2 rings (SSSR count). The molecule has 0 aromatic heterocycles. The van der Waals surface area contributed by atoms with Crippen LogP contribution < -0.4 is 10.1 Å². The highest BCUT2D eigenvalue weighted by atomic mass is 79.9. The van der Waals surface area contributed by atoms with Crippen molar-refractivity contribution in [2.45, 2.75) is 26.3 Å². The van der Waals surface area contributed by atoms with Gasteiger partial charge in [0.2, 0.25) is 0 Å². The Labute approximate surface area is 147 Å². The number of methoxy groups -OCH3 is 1. The molecule has 120 valence electrons. The second kappa shape index (κ2) is 7.68. The first-order valence-electron chi connectivity index (χ1n) is 7.57. The maximum absolute atomic E-state index is 5.37. The highest BCUT2D eigenvalue weighted by Gasteiger charge is 2.20. The van der Waals surface area contributed by atoms with Gasteiger partial charge in [0.15, 0.2) is 0 Å². The molecule has 0 aliphatic rings. The molecule has 3 heteroatoms. The number of hydrogen-bond acceptors (Lipinski definition) is 2. The molecular weight excluding hydrogens is 350 g/mol. The van der Waals surface area contributed by atoms with Gasteiger partial charge in [-0.25, -0.2) is 0 Å². The number of halogens is 1. The predicted octanol–water partition coefficient (Wildman–Crippen LogP) is 4.64. The molecule has 2 aromatic carbocycles. The average molecular weight is 372 g/mol. The summed E-state index contributed by atoms with van der Waals surface area (Å²) >= 11 is 3.49. The molecule has 0 bridgehead atoms. The van der Waals surface area contributed by atoms with Crippen LogP contribution in [0.3, 0.4) is 0 Å². The predicted molar refractivity (Wildman–Crippen MR) is 99.8 cm³/mol. The van der Waals surface area contributed by atoms with Crippen LogP contribution in [0.15, 0.2) is 46.9 Å². The lowest BCUT2D eigenvalue weighted by Gasteiger charge is -2.26. The van der Waals surface area contributed by atoms with E-state index in [0.29, 0.717) is 6.54 Å². The van der Waals surface area contributed by atoms with Crippen LogP contribution in [-0.4, -0.2) is 13.7 Å². The molecule has 1 N–H and O–H groups in total. The van der Waals surface area contributed by atoms with E-state index >= 15 is 0 Å². The Kier molecular flexibility index (Phi) is 5.87. The fourth-order valence-corrected chi connectivity index (χ4v) is 2.68. The van der Waals surface area contributed by atoms with Crippen LogP contribution in [0, 0.1) is 18.8 Å². The minimum absolute atomic E-state index is 0.186. The van der Waals surface area contributed by atoms with Crippen molar-refractivity contribution >= 4 is 15.9 Å². The minimum atomic E-state index is -0.186. The summed E-state index contributed by atoms with van der Waals surface area (Å²) in [6.45, 7) is 6.99. The molecule has 0 heterocycles. The van der Waals surface area contributed by atoms with Gasteiger partial charge in [0.25, 0.3) is 0 Å². The van der Waals surface area contributed by atoms with E-state index in [1.54, 1.807) is 7.11 Å². The van der Waals surface area contributed by atoms with E-state index in [1.807, 2.05) is 30.3 Å². The van der Waals surface area contributed by atoms with Gasteiger partial charge in [-0.1, -0.05) is 36.1 Å². The van der Waals surface area contributed by atoms with Crippen LogP contribution >= 0.6 is 15.9 Å². The Bertz CT molecular complexity index is 741. The molecule has 0 unspecified atom stereocenters. The van der Waals surface area contributed by atoms with E-state index in [-0.39, 0.29) is 5.54 Å². The molecule has 0 spiro atoms. The SMILES string of the molecule is COc1cc(C(C)(C)NCC#Cc2ccccc2C)ccc1Br. The second-order valence-corrected chi connectivity index (χ2v) is 6.80. The standard InChI is InChI=1S/C20H22BrNO/c1-15-8-5-6-9-16(15)10-7-13-22-20(2,3)17-11-12-18(21)19(14-17)23-4/h5-6,8-9,11-12,14,22H,13H2,1-4H3. The first-order valence-corrected chi connectivity index (χ1v) is 8.37. The molecule has 0 saturated carbocycles.